The van der Waals surface area contributed by atoms with Crippen LogP contribution < -0.4 is 4.90 Å². The topological polar surface area (TPSA) is 107 Å². The largest absolute Gasteiger partial charge is 0.461 e. The van der Waals surface area contributed by atoms with Crippen LogP contribution in [0, 0.1) is 10.1 Å². The maximum Gasteiger partial charge on any atom is 0.330 e. The van der Waals surface area contributed by atoms with Crippen molar-refractivity contribution < 1.29 is 19.2 Å². The first kappa shape index (κ1) is 23.7. The number of nitro benzene ring substituents is 1. The molecule has 9 nitrogen and oxygen atoms in total. The highest BCUT2D eigenvalue weighted by molar-refractivity contribution is 5.81. The van der Waals surface area contributed by atoms with Gasteiger partial charge in [-0.05, 0) is 50.2 Å². The van der Waals surface area contributed by atoms with E-state index in [-0.39, 0.29) is 18.4 Å². The Balaban J connectivity index is 2.02. The van der Waals surface area contributed by atoms with E-state index in [9.17, 15) is 14.9 Å². The molecule has 0 unspecified atom stereocenters. The number of ether oxygens (including phenoxy) is 2. The Hall–Kier alpha value is -3.59. The van der Waals surface area contributed by atoms with E-state index in [1.807, 2.05) is 38.1 Å². The number of benzene rings is 2. The minimum absolute atomic E-state index is 0.00334. The lowest BCUT2D eigenvalue weighted by Crippen LogP contribution is -2.32. The minimum Gasteiger partial charge on any atom is -0.461 e. The number of anilines is 1. The van der Waals surface area contributed by atoms with Gasteiger partial charge in [-0.15, -0.1) is 0 Å². The summed E-state index contributed by atoms with van der Waals surface area (Å²) in [4.78, 5) is 23.6. The predicted octanol–water partition coefficient (Wildman–Crippen LogP) is 4.97. The summed E-state index contributed by atoms with van der Waals surface area (Å²) in [6, 6.07) is 13.3. The molecule has 2 aromatic carbocycles. The van der Waals surface area contributed by atoms with Crippen LogP contribution in [-0.4, -0.2) is 43.3 Å². The molecule has 0 aliphatic carbocycles. The molecule has 0 fully saturated rings. The van der Waals surface area contributed by atoms with E-state index in [2.05, 4.69) is 21.7 Å². The van der Waals surface area contributed by atoms with Crippen molar-refractivity contribution in [1.82, 2.24) is 0 Å². The fourth-order valence-corrected chi connectivity index (χ4v) is 2.57. The molecule has 2 rings (SSSR count). The Labute approximate surface area is 181 Å². The van der Waals surface area contributed by atoms with E-state index in [4.69, 9.17) is 9.47 Å². The van der Waals surface area contributed by atoms with Crippen LogP contribution in [0.5, 0.6) is 0 Å². The minimum atomic E-state index is -0.462. The first-order chi connectivity index (χ1) is 14.9. The highest BCUT2D eigenvalue weighted by Gasteiger charge is 2.09. The molecule has 9 heteroatoms. The monoisotopic (exact) mass is 426 g/mol. The van der Waals surface area contributed by atoms with Crippen molar-refractivity contribution in [1.29, 1.82) is 0 Å². The molecule has 31 heavy (non-hydrogen) atoms. The number of esters is 1. The van der Waals surface area contributed by atoms with E-state index in [1.165, 1.54) is 24.3 Å². The summed E-state index contributed by atoms with van der Waals surface area (Å²) in [7, 11) is 0. The van der Waals surface area contributed by atoms with Gasteiger partial charge in [0.15, 0.2) is 0 Å². The Morgan fingerprint density at radius 1 is 1.06 bits per heavy atom. The molecule has 0 bridgehead atoms. The number of hydrogen-bond donors (Lipinski definition) is 0. The van der Waals surface area contributed by atoms with Crippen molar-refractivity contribution in [3.63, 3.8) is 0 Å². The van der Waals surface area contributed by atoms with Gasteiger partial charge in [-0.1, -0.05) is 6.58 Å². The van der Waals surface area contributed by atoms with Crippen molar-refractivity contribution >= 4 is 28.7 Å². The third-order valence-electron chi connectivity index (χ3n) is 4.14. The van der Waals surface area contributed by atoms with Gasteiger partial charge in [0.1, 0.15) is 6.61 Å². The fourth-order valence-electron chi connectivity index (χ4n) is 2.57. The van der Waals surface area contributed by atoms with Crippen LogP contribution in [-0.2, 0) is 14.3 Å². The number of azo groups is 1. The SMILES string of the molecule is C=CC(=O)OCCN(CCOC(C)C)c1ccc(N=Nc2ccc([N+](=O)[O-])cc2)cc1. The summed E-state index contributed by atoms with van der Waals surface area (Å²) in [5.41, 5.74) is 2.09. The zero-order valence-electron chi connectivity index (χ0n) is 17.6. The number of non-ortho nitro benzene ring substituents is 1. The van der Waals surface area contributed by atoms with Crippen LogP contribution in [0.25, 0.3) is 0 Å². The Morgan fingerprint density at radius 3 is 2.13 bits per heavy atom. The molecular formula is C22H26N4O5. The predicted molar refractivity (Wildman–Crippen MR) is 118 cm³/mol. The zero-order chi connectivity index (χ0) is 22.6. The first-order valence-corrected chi connectivity index (χ1v) is 9.81. The number of carbonyl (C=O) groups is 1. The number of hydrogen-bond acceptors (Lipinski definition) is 8. The lowest BCUT2D eigenvalue weighted by Gasteiger charge is -2.25. The molecule has 0 atom stereocenters. The van der Waals surface area contributed by atoms with Crippen LogP contribution in [0.2, 0.25) is 0 Å². The van der Waals surface area contributed by atoms with Crippen LogP contribution in [0.4, 0.5) is 22.7 Å². The highest BCUT2D eigenvalue weighted by atomic mass is 16.6. The van der Waals surface area contributed by atoms with Crippen LogP contribution in [0.1, 0.15) is 13.8 Å². The van der Waals surface area contributed by atoms with Gasteiger partial charge < -0.3 is 14.4 Å². The van der Waals surface area contributed by atoms with Crippen LogP contribution in [0.3, 0.4) is 0 Å². The molecule has 0 aromatic heterocycles. The Bertz CT molecular complexity index is 895. The zero-order valence-corrected chi connectivity index (χ0v) is 17.6. The lowest BCUT2D eigenvalue weighted by atomic mass is 10.2. The molecule has 0 saturated carbocycles. The summed E-state index contributed by atoms with van der Waals surface area (Å²) in [6.07, 6.45) is 1.26. The van der Waals surface area contributed by atoms with Crippen LogP contribution >= 0.6 is 0 Å². The number of nitrogens with zero attached hydrogens (tertiary/aromatic N) is 4. The van der Waals surface area contributed by atoms with E-state index in [0.29, 0.717) is 31.1 Å². The summed E-state index contributed by atoms with van der Waals surface area (Å²) in [5, 5.41) is 19.0. The van der Waals surface area contributed by atoms with Gasteiger partial charge >= 0.3 is 5.97 Å². The molecule has 164 valence electrons. The molecule has 0 amide bonds. The summed E-state index contributed by atoms with van der Waals surface area (Å²) < 4.78 is 10.7. The van der Waals surface area contributed by atoms with Gasteiger partial charge in [-0.3, -0.25) is 10.1 Å². The van der Waals surface area contributed by atoms with E-state index in [1.54, 1.807) is 0 Å². The normalized spacial score (nSPS) is 10.9. The quantitative estimate of drug-likeness (QED) is 0.156. The average molecular weight is 426 g/mol. The van der Waals surface area contributed by atoms with Crippen molar-refractivity contribution in [2.24, 2.45) is 10.2 Å². The summed E-state index contributed by atoms with van der Waals surface area (Å²) in [5.74, 6) is -0.458. The van der Waals surface area contributed by atoms with Gasteiger partial charge in [-0.25, -0.2) is 4.79 Å². The summed E-state index contributed by atoms with van der Waals surface area (Å²) >= 11 is 0. The van der Waals surface area contributed by atoms with Crippen molar-refractivity contribution in [3.8, 4) is 0 Å². The third-order valence-corrected chi connectivity index (χ3v) is 4.14. The van der Waals surface area contributed by atoms with Gasteiger partial charge in [0.2, 0.25) is 0 Å². The Kier molecular flexibility index (Phi) is 9.31. The summed E-state index contributed by atoms with van der Waals surface area (Å²) in [6.45, 7) is 9.24. The highest BCUT2D eigenvalue weighted by Crippen LogP contribution is 2.23. The van der Waals surface area contributed by atoms with Gasteiger partial charge in [0.05, 0.1) is 35.6 Å². The lowest BCUT2D eigenvalue weighted by molar-refractivity contribution is -0.384. The standard InChI is InChI=1S/C22H26N4O5/c1-4-22(27)31-16-14-25(13-15-30-17(2)3)20-9-5-18(6-10-20)23-24-19-7-11-21(12-8-19)26(28)29/h4-12,17H,1,13-16H2,2-3H3. The molecular weight excluding hydrogens is 400 g/mol. The molecule has 0 spiro atoms. The number of carbonyl (C=O) groups excluding carboxylic acids is 1. The Morgan fingerprint density at radius 2 is 1.61 bits per heavy atom. The molecule has 0 aliphatic rings. The second-order valence-corrected chi connectivity index (χ2v) is 6.77. The van der Waals surface area contributed by atoms with Gasteiger partial charge in [-0.2, -0.15) is 10.2 Å². The van der Waals surface area contributed by atoms with Crippen molar-refractivity contribution in [2.75, 3.05) is 31.2 Å². The second kappa shape index (κ2) is 12.2. The second-order valence-electron chi connectivity index (χ2n) is 6.77. The molecule has 2 aromatic rings. The smallest absolute Gasteiger partial charge is 0.330 e. The molecule has 0 radical (unpaired) electrons. The molecule has 0 aliphatic heterocycles. The maximum absolute atomic E-state index is 11.3. The molecule has 0 heterocycles. The van der Waals surface area contributed by atoms with Crippen molar-refractivity contribution in [3.05, 3.63) is 71.3 Å². The van der Waals surface area contributed by atoms with E-state index < -0.39 is 10.9 Å². The first-order valence-electron chi connectivity index (χ1n) is 9.81. The van der Waals surface area contributed by atoms with Gasteiger partial charge in [0.25, 0.3) is 5.69 Å². The number of nitro groups is 1. The third kappa shape index (κ3) is 8.35. The van der Waals surface area contributed by atoms with Gasteiger partial charge in [0, 0.05) is 30.4 Å². The average Bonchev–Trinajstić information content (AvgIpc) is 2.77. The maximum atomic E-state index is 11.3. The number of rotatable bonds is 12. The van der Waals surface area contributed by atoms with Crippen molar-refractivity contribution in [2.45, 2.75) is 20.0 Å². The van der Waals surface area contributed by atoms with E-state index in [0.717, 1.165) is 11.8 Å². The molecule has 0 saturated heterocycles. The van der Waals surface area contributed by atoms with Crippen LogP contribution in [0.15, 0.2) is 71.4 Å². The fraction of sp³-hybridized carbons (Fsp3) is 0.318. The molecule has 0 N–H and O–H groups in total. The van der Waals surface area contributed by atoms with E-state index >= 15 is 0 Å².